The maximum absolute atomic E-state index is 10.9. The van der Waals surface area contributed by atoms with Gasteiger partial charge in [0.1, 0.15) is 5.52 Å². The van der Waals surface area contributed by atoms with Crippen LogP contribution in [0.5, 0.6) is 0 Å². The summed E-state index contributed by atoms with van der Waals surface area (Å²) >= 11 is 0. The summed E-state index contributed by atoms with van der Waals surface area (Å²) in [6, 6.07) is 12.1. The van der Waals surface area contributed by atoms with Crippen LogP contribution in [0.15, 0.2) is 47.0 Å². The largest absolute Gasteiger partial charge is 0.478 e. The van der Waals surface area contributed by atoms with Gasteiger partial charge in [-0.2, -0.15) is 0 Å². The molecule has 0 spiro atoms. The van der Waals surface area contributed by atoms with Gasteiger partial charge in [-0.1, -0.05) is 24.3 Å². The molecule has 3 aromatic rings. The third kappa shape index (κ3) is 1.62. The quantitative estimate of drug-likeness (QED) is 0.745. The second-order valence-electron chi connectivity index (χ2n) is 3.81. The standard InChI is InChI=1S/C13H8N2O3/c16-13(17)9-4-1-3-8(7-9)10-5-2-6-11-12(10)18-15-14-11/h1-7H,(H,16,17). The van der Waals surface area contributed by atoms with Gasteiger partial charge in [0.05, 0.1) is 5.56 Å². The zero-order valence-electron chi connectivity index (χ0n) is 9.20. The van der Waals surface area contributed by atoms with Crippen LogP contribution in [0.2, 0.25) is 0 Å². The smallest absolute Gasteiger partial charge is 0.335 e. The minimum atomic E-state index is -0.959. The Bertz CT molecular complexity index is 734. The van der Waals surface area contributed by atoms with Crippen molar-refractivity contribution >= 4 is 17.1 Å². The molecule has 1 aromatic heterocycles. The number of hydrogen-bond donors (Lipinski definition) is 1. The van der Waals surface area contributed by atoms with Crippen molar-refractivity contribution in [3.63, 3.8) is 0 Å². The minimum absolute atomic E-state index is 0.233. The van der Waals surface area contributed by atoms with Crippen molar-refractivity contribution in [3.8, 4) is 11.1 Å². The highest BCUT2D eigenvalue weighted by atomic mass is 16.5. The fourth-order valence-corrected chi connectivity index (χ4v) is 1.85. The van der Waals surface area contributed by atoms with E-state index in [0.717, 1.165) is 11.1 Å². The van der Waals surface area contributed by atoms with E-state index in [4.69, 9.17) is 9.63 Å². The van der Waals surface area contributed by atoms with Crippen LogP contribution >= 0.6 is 0 Å². The van der Waals surface area contributed by atoms with Gasteiger partial charge in [-0.3, -0.25) is 0 Å². The molecular weight excluding hydrogens is 232 g/mol. The number of carboxylic acids is 1. The Hall–Kier alpha value is -2.69. The highest BCUT2D eigenvalue weighted by molar-refractivity contribution is 5.93. The molecule has 5 nitrogen and oxygen atoms in total. The number of nitrogens with zero attached hydrogens (tertiary/aromatic N) is 2. The Morgan fingerprint density at radius 2 is 2.00 bits per heavy atom. The Labute approximate surface area is 102 Å². The van der Waals surface area contributed by atoms with E-state index in [1.54, 1.807) is 24.3 Å². The Morgan fingerprint density at radius 3 is 2.83 bits per heavy atom. The molecule has 18 heavy (non-hydrogen) atoms. The van der Waals surface area contributed by atoms with Crippen molar-refractivity contribution in [1.29, 1.82) is 0 Å². The van der Waals surface area contributed by atoms with Crippen molar-refractivity contribution in [3.05, 3.63) is 48.0 Å². The summed E-state index contributed by atoms with van der Waals surface area (Å²) in [5.74, 6) is -0.959. The van der Waals surface area contributed by atoms with E-state index in [1.165, 1.54) is 0 Å². The topological polar surface area (TPSA) is 76.2 Å². The molecule has 5 heteroatoms. The zero-order chi connectivity index (χ0) is 12.5. The molecule has 1 heterocycles. The summed E-state index contributed by atoms with van der Waals surface area (Å²) in [6.45, 7) is 0. The molecule has 0 fully saturated rings. The zero-order valence-corrected chi connectivity index (χ0v) is 9.20. The summed E-state index contributed by atoms with van der Waals surface area (Å²) in [7, 11) is 0. The van der Waals surface area contributed by atoms with Gasteiger partial charge in [-0.25, -0.2) is 4.79 Å². The van der Waals surface area contributed by atoms with E-state index < -0.39 is 5.97 Å². The molecule has 0 radical (unpaired) electrons. The van der Waals surface area contributed by atoms with Crippen molar-refractivity contribution in [1.82, 2.24) is 10.4 Å². The highest BCUT2D eigenvalue weighted by Crippen LogP contribution is 2.27. The molecule has 0 aliphatic rings. The molecule has 0 amide bonds. The van der Waals surface area contributed by atoms with E-state index in [-0.39, 0.29) is 5.56 Å². The van der Waals surface area contributed by atoms with Crippen LogP contribution in [0, 0.1) is 0 Å². The van der Waals surface area contributed by atoms with Gasteiger partial charge in [-0.15, -0.1) is 5.10 Å². The normalized spacial score (nSPS) is 10.7. The van der Waals surface area contributed by atoms with Crippen LogP contribution in [0.4, 0.5) is 0 Å². The number of benzene rings is 2. The monoisotopic (exact) mass is 240 g/mol. The first kappa shape index (κ1) is 10.5. The lowest BCUT2D eigenvalue weighted by atomic mass is 10.0. The maximum atomic E-state index is 10.9. The van der Waals surface area contributed by atoms with Crippen LogP contribution in [0.1, 0.15) is 10.4 Å². The van der Waals surface area contributed by atoms with Gasteiger partial charge in [0.25, 0.3) is 0 Å². The molecule has 1 N–H and O–H groups in total. The predicted octanol–water partition coefficient (Wildman–Crippen LogP) is 2.59. The third-order valence-electron chi connectivity index (χ3n) is 2.70. The first-order valence-corrected chi connectivity index (χ1v) is 5.30. The van der Waals surface area contributed by atoms with Gasteiger partial charge in [0.15, 0.2) is 5.58 Å². The minimum Gasteiger partial charge on any atom is -0.478 e. The number of para-hydroxylation sites is 1. The first-order valence-electron chi connectivity index (χ1n) is 5.30. The van der Waals surface area contributed by atoms with Gasteiger partial charge in [0, 0.05) is 10.8 Å². The number of aromatic carboxylic acids is 1. The summed E-state index contributed by atoms with van der Waals surface area (Å²) in [4.78, 5) is 10.9. The molecule has 0 aliphatic heterocycles. The lowest BCUT2D eigenvalue weighted by Gasteiger charge is -2.02. The van der Waals surface area contributed by atoms with Gasteiger partial charge >= 0.3 is 5.97 Å². The van der Waals surface area contributed by atoms with E-state index in [9.17, 15) is 4.79 Å². The molecule has 0 aliphatic carbocycles. The molecule has 0 saturated carbocycles. The van der Waals surface area contributed by atoms with E-state index in [1.807, 2.05) is 18.2 Å². The fraction of sp³-hybridized carbons (Fsp3) is 0. The molecule has 88 valence electrons. The number of carboxylic acid groups (broad SMARTS) is 1. The molecule has 0 atom stereocenters. The maximum Gasteiger partial charge on any atom is 0.335 e. The second-order valence-corrected chi connectivity index (χ2v) is 3.81. The number of hydrogen-bond acceptors (Lipinski definition) is 4. The Morgan fingerprint density at radius 1 is 1.17 bits per heavy atom. The third-order valence-corrected chi connectivity index (χ3v) is 2.70. The fourth-order valence-electron chi connectivity index (χ4n) is 1.85. The molecule has 0 saturated heterocycles. The molecule has 0 bridgehead atoms. The van der Waals surface area contributed by atoms with Crippen LogP contribution in [-0.4, -0.2) is 21.4 Å². The average Bonchev–Trinajstić information content (AvgIpc) is 2.87. The summed E-state index contributed by atoms with van der Waals surface area (Å²) in [5.41, 5.74) is 2.98. The van der Waals surface area contributed by atoms with Gasteiger partial charge in [-0.05, 0) is 23.8 Å². The second kappa shape index (κ2) is 3.96. The molecule has 3 rings (SSSR count). The summed E-state index contributed by atoms with van der Waals surface area (Å²) in [5, 5.41) is 16.3. The predicted molar refractivity (Wildman–Crippen MR) is 64.2 cm³/mol. The van der Waals surface area contributed by atoms with Crippen molar-refractivity contribution in [2.24, 2.45) is 0 Å². The molecular formula is C13H8N2O3. The number of aromatic nitrogens is 2. The SMILES string of the molecule is O=C(O)c1cccc(-c2cccc3nnoc23)c1. The van der Waals surface area contributed by atoms with Crippen molar-refractivity contribution in [2.45, 2.75) is 0 Å². The Kier molecular flexibility index (Phi) is 2.30. The Balaban J connectivity index is 2.23. The lowest BCUT2D eigenvalue weighted by molar-refractivity contribution is 0.0697. The lowest BCUT2D eigenvalue weighted by Crippen LogP contribution is -1.95. The first-order chi connectivity index (χ1) is 8.75. The van der Waals surface area contributed by atoms with Crippen LogP contribution in [0.25, 0.3) is 22.2 Å². The van der Waals surface area contributed by atoms with E-state index in [0.29, 0.717) is 11.1 Å². The van der Waals surface area contributed by atoms with Crippen LogP contribution < -0.4 is 0 Å². The number of rotatable bonds is 2. The number of fused-ring (bicyclic) bond motifs is 1. The van der Waals surface area contributed by atoms with E-state index in [2.05, 4.69) is 10.4 Å². The van der Waals surface area contributed by atoms with Crippen LogP contribution in [0.3, 0.4) is 0 Å². The number of carbonyl (C=O) groups is 1. The highest BCUT2D eigenvalue weighted by Gasteiger charge is 2.10. The van der Waals surface area contributed by atoms with Gasteiger partial charge < -0.3 is 9.63 Å². The molecule has 0 unspecified atom stereocenters. The van der Waals surface area contributed by atoms with Crippen molar-refractivity contribution < 1.29 is 14.4 Å². The van der Waals surface area contributed by atoms with Crippen LogP contribution in [-0.2, 0) is 0 Å². The summed E-state index contributed by atoms with van der Waals surface area (Å²) in [6.07, 6.45) is 0. The summed E-state index contributed by atoms with van der Waals surface area (Å²) < 4.78 is 5.10. The average molecular weight is 240 g/mol. The molecule has 2 aromatic carbocycles. The van der Waals surface area contributed by atoms with Crippen molar-refractivity contribution in [2.75, 3.05) is 0 Å². The van der Waals surface area contributed by atoms with E-state index >= 15 is 0 Å². The van der Waals surface area contributed by atoms with Gasteiger partial charge in [0.2, 0.25) is 0 Å².